The highest BCUT2D eigenvalue weighted by atomic mass is 16.3. The Kier molecular flexibility index (Phi) is 3.41. The Hall–Kier alpha value is -2.56. The van der Waals surface area contributed by atoms with Crippen LogP contribution < -0.4 is 5.32 Å². The van der Waals surface area contributed by atoms with Crippen molar-refractivity contribution in [1.82, 2.24) is 10.2 Å². The standard InChI is InChI=1S/C18H18N2O3/c21-17(12-4-2-1-3-5-12)19-16-9-15-8-14(16)10-20(15)18(22)13-6-7-23-11-13/h1-7,11,14-16H,8-10H2,(H,19,21)/t14-,15-,16-/m0/s1. The highest BCUT2D eigenvalue weighted by Crippen LogP contribution is 2.38. The Balaban J connectivity index is 1.39. The largest absolute Gasteiger partial charge is 0.472 e. The van der Waals surface area contributed by atoms with Crippen molar-refractivity contribution < 1.29 is 14.0 Å². The Bertz CT molecular complexity index is 711. The first-order valence-corrected chi connectivity index (χ1v) is 7.91. The molecule has 0 spiro atoms. The minimum absolute atomic E-state index is 0.0269. The molecule has 4 rings (SSSR count). The number of carbonyl (C=O) groups is 2. The molecule has 1 aliphatic heterocycles. The molecule has 5 nitrogen and oxygen atoms in total. The van der Waals surface area contributed by atoms with Crippen molar-refractivity contribution in [2.24, 2.45) is 5.92 Å². The quantitative estimate of drug-likeness (QED) is 0.946. The first-order valence-electron chi connectivity index (χ1n) is 7.91. The molecular weight excluding hydrogens is 292 g/mol. The third-order valence-electron chi connectivity index (χ3n) is 4.92. The van der Waals surface area contributed by atoms with E-state index in [2.05, 4.69) is 5.32 Å². The maximum Gasteiger partial charge on any atom is 0.257 e. The summed E-state index contributed by atoms with van der Waals surface area (Å²) in [6, 6.07) is 11.3. The van der Waals surface area contributed by atoms with Crippen LogP contribution in [0.25, 0.3) is 0 Å². The fraction of sp³-hybridized carbons (Fsp3) is 0.333. The number of benzene rings is 1. The Morgan fingerprint density at radius 1 is 1.09 bits per heavy atom. The maximum atomic E-state index is 12.4. The van der Waals surface area contributed by atoms with E-state index in [-0.39, 0.29) is 23.9 Å². The Morgan fingerprint density at radius 3 is 2.57 bits per heavy atom. The zero-order valence-corrected chi connectivity index (χ0v) is 12.6. The van der Waals surface area contributed by atoms with E-state index in [1.54, 1.807) is 6.07 Å². The van der Waals surface area contributed by atoms with Crippen LogP contribution in [0, 0.1) is 5.92 Å². The number of likely N-dealkylation sites (tertiary alicyclic amines) is 1. The first-order chi connectivity index (χ1) is 11.2. The topological polar surface area (TPSA) is 62.6 Å². The number of amides is 2. The van der Waals surface area contributed by atoms with Crippen molar-refractivity contribution in [3.63, 3.8) is 0 Å². The average molecular weight is 310 g/mol. The van der Waals surface area contributed by atoms with Crippen LogP contribution in [0.1, 0.15) is 33.6 Å². The number of hydrogen-bond acceptors (Lipinski definition) is 3. The lowest BCUT2D eigenvalue weighted by molar-refractivity contribution is 0.0679. The number of hydrogen-bond donors (Lipinski definition) is 1. The van der Waals surface area contributed by atoms with Crippen molar-refractivity contribution >= 4 is 11.8 Å². The van der Waals surface area contributed by atoms with Crippen LogP contribution in [0.4, 0.5) is 0 Å². The lowest BCUT2D eigenvalue weighted by Gasteiger charge is -2.31. The van der Waals surface area contributed by atoms with Crippen LogP contribution in [0.5, 0.6) is 0 Å². The van der Waals surface area contributed by atoms with Gasteiger partial charge in [-0.15, -0.1) is 0 Å². The number of piperidine rings is 1. The third kappa shape index (κ3) is 2.52. The fourth-order valence-electron chi connectivity index (χ4n) is 3.77. The van der Waals surface area contributed by atoms with Gasteiger partial charge in [-0.05, 0) is 37.0 Å². The van der Waals surface area contributed by atoms with Crippen molar-refractivity contribution in [2.45, 2.75) is 24.9 Å². The molecule has 2 heterocycles. The second-order valence-electron chi connectivity index (χ2n) is 6.30. The molecule has 23 heavy (non-hydrogen) atoms. The van der Waals surface area contributed by atoms with Crippen LogP contribution in [0.3, 0.4) is 0 Å². The van der Waals surface area contributed by atoms with E-state index in [1.165, 1.54) is 12.5 Å². The summed E-state index contributed by atoms with van der Waals surface area (Å²) in [5, 5.41) is 3.13. The van der Waals surface area contributed by atoms with Gasteiger partial charge in [0.2, 0.25) is 0 Å². The predicted molar refractivity (Wildman–Crippen MR) is 84.0 cm³/mol. The zero-order valence-electron chi connectivity index (χ0n) is 12.6. The Morgan fingerprint density at radius 2 is 1.91 bits per heavy atom. The summed E-state index contributed by atoms with van der Waals surface area (Å²) in [5.41, 5.74) is 1.28. The summed E-state index contributed by atoms with van der Waals surface area (Å²) in [4.78, 5) is 26.6. The molecule has 118 valence electrons. The molecule has 2 aliphatic rings. The van der Waals surface area contributed by atoms with Gasteiger partial charge >= 0.3 is 0 Å². The van der Waals surface area contributed by atoms with Crippen LogP contribution in [-0.2, 0) is 0 Å². The molecule has 2 aromatic rings. The fourth-order valence-corrected chi connectivity index (χ4v) is 3.77. The monoisotopic (exact) mass is 310 g/mol. The highest BCUT2D eigenvalue weighted by Gasteiger charge is 2.47. The van der Waals surface area contributed by atoms with Crippen LogP contribution in [0.15, 0.2) is 53.3 Å². The third-order valence-corrected chi connectivity index (χ3v) is 4.92. The highest BCUT2D eigenvalue weighted by molar-refractivity contribution is 5.95. The number of furan rings is 1. The average Bonchev–Trinajstić information content (AvgIpc) is 3.31. The Labute approximate surface area is 134 Å². The first kappa shape index (κ1) is 14.1. The van der Waals surface area contributed by atoms with Gasteiger partial charge in [0.05, 0.1) is 11.8 Å². The molecule has 1 saturated carbocycles. The minimum Gasteiger partial charge on any atom is -0.472 e. The molecule has 0 unspecified atom stereocenters. The van der Waals surface area contributed by atoms with Gasteiger partial charge in [-0.25, -0.2) is 0 Å². The summed E-state index contributed by atoms with van der Waals surface area (Å²) in [7, 11) is 0. The molecule has 3 atom stereocenters. The molecule has 5 heteroatoms. The van der Waals surface area contributed by atoms with E-state index < -0.39 is 0 Å². The molecular formula is C18H18N2O3. The molecule has 2 bridgehead atoms. The lowest BCUT2D eigenvalue weighted by atomic mass is 10.0. The van der Waals surface area contributed by atoms with Gasteiger partial charge in [0.1, 0.15) is 6.26 Å². The van der Waals surface area contributed by atoms with E-state index in [9.17, 15) is 9.59 Å². The lowest BCUT2D eigenvalue weighted by Crippen LogP contribution is -2.47. The van der Waals surface area contributed by atoms with E-state index in [1.807, 2.05) is 35.2 Å². The smallest absolute Gasteiger partial charge is 0.257 e. The molecule has 1 aromatic heterocycles. The van der Waals surface area contributed by atoms with Crippen molar-refractivity contribution in [3.05, 3.63) is 60.1 Å². The number of carbonyl (C=O) groups excluding carboxylic acids is 2. The van der Waals surface area contributed by atoms with Gasteiger partial charge in [0.15, 0.2) is 0 Å². The second-order valence-corrected chi connectivity index (χ2v) is 6.30. The van der Waals surface area contributed by atoms with E-state index in [4.69, 9.17) is 4.42 Å². The summed E-state index contributed by atoms with van der Waals surface area (Å²) in [6.45, 7) is 0.703. The maximum absolute atomic E-state index is 12.4. The minimum atomic E-state index is -0.0316. The number of nitrogens with zero attached hydrogens (tertiary/aromatic N) is 1. The van der Waals surface area contributed by atoms with E-state index in [0.717, 1.165) is 12.8 Å². The van der Waals surface area contributed by atoms with Gasteiger partial charge in [0.25, 0.3) is 11.8 Å². The molecule has 1 aliphatic carbocycles. The van der Waals surface area contributed by atoms with Crippen molar-refractivity contribution in [2.75, 3.05) is 6.54 Å². The van der Waals surface area contributed by atoms with E-state index >= 15 is 0 Å². The molecule has 0 radical (unpaired) electrons. The van der Waals surface area contributed by atoms with Gasteiger partial charge in [-0.1, -0.05) is 18.2 Å². The van der Waals surface area contributed by atoms with Crippen LogP contribution in [0.2, 0.25) is 0 Å². The summed E-state index contributed by atoms with van der Waals surface area (Å²) in [5.74, 6) is 0.332. The molecule has 1 saturated heterocycles. The number of rotatable bonds is 3. The van der Waals surface area contributed by atoms with Crippen molar-refractivity contribution in [3.8, 4) is 0 Å². The van der Waals surface area contributed by atoms with Gasteiger partial charge in [0, 0.05) is 24.2 Å². The number of fused-ring (bicyclic) bond motifs is 2. The molecule has 1 N–H and O–H groups in total. The normalized spacial score (nSPS) is 25.6. The SMILES string of the molecule is O=C(N[C@H]1C[C@@H]2C[C@H]1CN2C(=O)c1ccoc1)c1ccccc1. The molecule has 2 amide bonds. The van der Waals surface area contributed by atoms with E-state index in [0.29, 0.717) is 23.6 Å². The second kappa shape index (κ2) is 5.57. The van der Waals surface area contributed by atoms with Crippen molar-refractivity contribution in [1.29, 1.82) is 0 Å². The summed E-state index contributed by atoms with van der Waals surface area (Å²) < 4.78 is 4.99. The molecule has 1 aromatic carbocycles. The number of nitrogens with one attached hydrogen (secondary N) is 1. The van der Waals surface area contributed by atoms with Crippen LogP contribution in [-0.4, -0.2) is 35.3 Å². The van der Waals surface area contributed by atoms with Gasteiger partial charge in [-0.3, -0.25) is 9.59 Å². The molecule has 2 fully saturated rings. The predicted octanol–water partition coefficient (Wildman–Crippen LogP) is 2.31. The summed E-state index contributed by atoms with van der Waals surface area (Å²) >= 11 is 0. The van der Waals surface area contributed by atoms with Gasteiger partial charge in [-0.2, -0.15) is 0 Å². The van der Waals surface area contributed by atoms with Crippen LogP contribution >= 0.6 is 0 Å². The summed E-state index contributed by atoms with van der Waals surface area (Å²) in [6.07, 6.45) is 4.80. The zero-order chi connectivity index (χ0) is 15.8. The van der Waals surface area contributed by atoms with Gasteiger partial charge < -0.3 is 14.6 Å².